The standard InChI is InChI=1S/C17H36N2O2/c1-7-10-13-19(15(4)8-2)14-11-12-17(5,18-6)16(20)21-9-3/h15,18H,7-14H2,1-6H3. The number of nitrogens with zero attached hydrogens (tertiary/aromatic N) is 1. The number of rotatable bonds is 12. The van der Waals surface area contributed by atoms with Crippen molar-refractivity contribution >= 4 is 5.97 Å². The molecule has 2 unspecified atom stereocenters. The number of ether oxygens (including phenoxy) is 1. The summed E-state index contributed by atoms with van der Waals surface area (Å²) in [4.78, 5) is 14.6. The predicted octanol–water partition coefficient (Wildman–Crippen LogP) is 3.21. The fraction of sp³-hybridized carbons (Fsp3) is 0.941. The molecule has 0 saturated carbocycles. The lowest BCUT2D eigenvalue weighted by atomic mass is 9.95. The second kappa shape index (κ2) is 11.0. The van der Waals surface area contributed by atoms with Crippen LogP contribution in [0, 0.1) is 0 Å². The lowest BCUT2D eigenvalue weighted by Gasteiger charge is -2.31. The fourth-order valence-electron chi connectivity index (χ4n) is 2.43. The van der Waals surface area contributed by atoms with Crippen molar-refractivity contribution in [3.8, 4) is 0 Å². The number of carbonyl (C=O) groups excluding carboxylic acids is 1. The van der Waals surface area contributed by atoms with Crippen molar-refractivity contribution < 1.29 is 9.53 Å². The largest absolute Gasteiger partial charge is 0.465 e. The third-order valence-corrected chi connectivity index (χ3v) is 4.41. The van der Waals surface area contributed by atoms with E-state index in [1.807, 2.05) is 20.9 Å². The molecule has 4 heteroatoms. The van der Waals surface area contributed by atoms with E-state index >= 15 is 0 Å². The van der Waals surface area contributed by atoms with Crippen LogP contribution < -0.4 is 5.32 Å². The zero-order chi connectivity index (χ0) is 16.3. The molecule has 1 N–H and O–H groups in total. The summed E-state index contributed by atoms with van der Waals surface area (Å²) in [5.41, 5.74) is -0.568. The predicted molar refractivity (Wildman–Crippen MR) is 89.6 cm³/mol. The lowest BCUT2D eigenvalue weighted by Crippen LogP contribution is -2.49. The molecule has 0 spiro atoms. The van der Waals surface area contributed by atoms with Gasteiger partial charge in [-0.25, -0.2) is 0 Å². The molecule has 2 atom stereocenters. The van der Waals surface area contributed by atoms with E-state index in [2.05, 4.69) is 31.0 Å². The first-order valence-corrected chi connectivity index (χ1v) is 8.55. The van der Waals surface area contributed by atoms with Crippen molar-refractivity contribution in [3.05, 3.63) is 0 Å². The zero-order valence-electron chi connectivity index (χ0n) is 15.0. The summed E-state index contributed by atoms with van der Waals surface area (Å²) in [6.45, 7) is 13.2. The maximum atomic E-state index is 12.0. The van der Waals surface area contributed by atoms with Crippen LogP contribution in [0.1, 0.15) is 66.7 Å². The molecule has 0 fully saturated rings. The van der Waals surface area contributed by atoms with E-state index in [1.165, 1.54) is 19.3 Å². The summed E-state index contributed by atoms with van der Waals surface area (Å²) < 4.78 is 5.17. The molecule has 4 nitrogen and oxygen atoms in total. The van der Waals surface area contributed by atoms with Crippen LogP contribution in [-0.2, 0) is 9.53 Å². The summed E-state index contributed by atoms with van der Waals surface area (Å²) in [7, 11) is 1.83. The summed E-state index contributed by atoms with van der Waals surface area (Å²) in [6.07, 6.45) is 5.45. The van der Waals surface area contributed by atoms with Crippen LogP contribution in [0.5, 0.6) is 0 Å². The van der Waals surface area contributed by atoms with Crippen molar-refractivity contribution in [1.29, 1.82) is 0 Å². The summed E-state index contributed by atoms with van der Waals surface area (Å²) in [5, 5.41) is 3.13. The second-order valence-corrected chi connectivity index (χ2v) is 6.05. The highest BCUT2D eigenvalue weighted by atomic mass is 16.5. The second-order valence-electron chi connectivity index (χ2n) is 6.05. The summed E-state index contributed by atoms with van der Waals surface area (Å²) in [6, 6.07) is 0.611. The lowest BCUT2D eigenvalue weighted by molar-refractivity contribution is -0.150. The van der Waals surface area contributed by atoms with Crippen LogP contribution in [0.2, 0.25) is 0 Å². The highest BCUT2D eigenvalue weighted by Crippen LogP contribution is 2.16. The van der Waals surface area contributed by atoms with Crippen LogP contribution in [0.15, 0.2) is 0 Å². The Morgan fingerprint density at radius 3 is 2.33 bits per heavy atom. The van der Waals surface area contributed by atoms with Crippen molar-refractivity contribution in [2.45, 2.75) is 78.3 Å². The molecule has 0 aromatic heterocycles. The minimum Gasteiger partial charge on any atom is -0.465 e. The number of hydrogen-bond donors (Lipinski definition) is 1. The Balaban J connectivity index is 4.41. The minimum absolute atomic E-state index is 0.142. The number of unbranched alkanes of at least 4 members (excludes halogenated alkanes) is 1. The average molecular weight is 300 g/mol. The maximum absolute atomic E-state index is 12.0. The van der Waals surface area contributed by atoms with Crippen LogP contribution in [0.25, 0.3) is 0 Å². The Hall–Kier alpha value is -0.610. The quantitative estimate of drug-likeness (QED) is 0.562. The van der Waals surface area contributed by atoms with Crippen LogP contribution in [0.4, 0.5) is 0 Å². The van der Waals surface area contributed by atoms with Gasteiger partial charge in [0.05, 0.1) is 6.61 Å². The first kappa shape index (κ1) is 20.4. The topological polar surface area (TPSA) is 41.6 Å². The molecule has 0 rings (SSSR count). The molecule has 0 aromatic rings. The maximum Gasteiger partial charge on any atom is 0.326 e. The monoisotopic (exact) mass is 300 g/mol. The Morgan fingerprint density at radius 2 is 1.86 bits per heavy atom. The van der Waals surface area contributed by atoms with Crippen LogP contribution in [-0.4, -0.2) is 49.2 Å². The Kier molecular flexibility index (Phi) is 10.7. The van der Waals surface area contributed by atoms with E-state index in [0.29, 0.717) is 12.6 Å². The molecule has 0 aliphatic heterocycles. The highest BCUT2D eigenvalue weighted by molar-refractivity contribution is 5.80. The molecule has 0 aromatic carbocycles. The van der Waals surface area contributed by atoms with Gasteiger partial charge >= 0.3 is 5.97 Å². The number of nitrogens with one attached hydrogen (secondary N) is 1. The number of esters is 1. The Labute approximate surface area is 131 Å². The molecule has 0 heterocycles. The molecular weight excluding hydrogens is 264 g/mol. The van der Waals surface area contributed by atoms with Crippen molar-refractivity contribution in [2.24, 2.45) is 0 Å². The molecule has 0 bridgehead atoms. The minimum atomic E-state index is -0.568. The smallest absolute Gasteiger partial charge is 0.326 e. The van der Waals surface area contributed by atoms with Gasteiger partial charge in [0.25, 0.3) is 0 Å². The van der Waals surface area contributed by atoms with Gasteiger partial charge in [0.15, 0.2) is 0 Å². The van der Waals surface area contributed by atoms with E-state index in [0.717, 1.165) is 25.9 Å². The van der Waals surface area contributed by atoms with E-state index < -0.39 is 5.54 Å². The van der Waals surface area contributed by atoms with Crippen molar-refractivity contribution in [2.75, 3.05) is 26.7 Å². The number of likely N-dealkylation sites (N-methyl/N-ethyl adjacent to an activating group) is 1. The van der Waals surface area contributed by atoms with Gasteiger partial charge in [-0.3, -0.25) is 4.79 Å². The van der Waals surface area contributed by atoms with Gasteiger partial charge in [-0.2, -0.15) is 0 Å². The van der Waals surface area contributed by atoms with E-state index in [1.54, 1.807) is 0 Å². The van der Waals surface area contributed by atoms with Gasteiger partial charge in [-0.15, -0.1) is 0 Å². The van der Waals surface area contributed by atoms with Gasteiger partial charge in [-0.1, -0.05) is 20.3 Å². The molecule has 0 saturated heterocycles. The molecule has 0 aliphatic carbocycles. The third-order valence-electron chi connectivity index (χ3n) is 4.41. The van der Waals surface area contributed by atoms with Crippen LogP contribution in [0.3, 0.4) is 0 Å². The fourth-order valence-corrected chi connectivity index (χ4v) is 2.43. The Bertz CT molecular complexity index is 284. The molecule has 0 aliphatic rings. The van der Waals surface area contributed by atoms with Gasteiger partial charge < -0.3 is 15.0 Å². The van der Waals surface area contributed by atoms with Crippen molar-refractivity contribution in [3.63, 3.8) is 0 Å². The van der Waals surface area contributed by atoms with E-state index in [9.17, 15) is 4.79 Å². The average Bonchev–Trinajstić information content (AvgIpc) is 2.49. The van der Waals surface area contributed by atoms with Gasteiger partial charge in [0.1, 0.15) is 5.54 Å². The molecule has 126 valence electrons. The Morgan fingerprint density at radius 1 is 1.24 bits per heavy atom. The van der Waals surface area contributed by atoms with Gasteiger partial charge in [-0.05, 0) is 66.6 Å². The third kappa shape index (κ3) is 7.28. The number of carbonyl (C=O) groups is 1. The first-order valence-electron chi connectivity index (χ1n) is 8.55. The first-order chi connectivity index (χ1) is 9.95. The molecule has 0 radical (unpaired) electrons. The molecular formula is C17H36N2O2. The van der Waals surface area contributed by atoms with E-state index in [-0.39, 0.29) is 5.97 Å². The molecule has 0 amide bonds. The van der Waals surface area contributed by atoms with Gasteiger partial charge in [0, 0.05) is 6.04 Å². The summed E-state index contributed by atoms with van der Waals surface area (Å²) >= 11 is 0. The van der Waals surface area contributed by atoms with E-state index in [4.69, 9.17) is 4.74 Å². The van der Waals surface area contributed by atoms with Crippen molar-refractivity contribution in [1.82, 2.24) is 10.2 Å². The zero-order valence-corrected chi connectivity index (χ0v) is 15.0. The summed E-state index contributed by atoms with van der Waals surface area (Å²) in [5.74, 6) is -0.142. The van der Waals surface area contributed by atoms with Gasteiger partial charge in [0.2, 0.25) is 0 Å². The van der Waals surface area contributed by atoms with Crippen LogP contribution >= 0.6 is 0 Å². The normalized spacial score (nSPS) is 15.8. The number of hydrogen-bond acceptors (Lipinski definition) is 4. The molecule has 21 heavy (non-hydrogen) atoms. The SMILES string of the molecule is CCCCN(CCCC(C)(NC)C(=O)OCC)C(C)CC. The highest BCUT2D eigenvalue weighted by Gasteiger charge is 2.32.